The minimum absolute atomic E-state index is 0. The van der Waals surface area contributed by atoms with Crippen LogP contribution in [0.5, 0.6) is 0 Å². The molecule has 2 aromatic rings. The molecule has 2 amide bonds. The molecular formula is C49H69N4NaO18S2. The maximum absolute atomic E-state index is 13.3. The molecule has 2 heterocycles. The maximum Gasteiger partial charge on any atom is 1.00 e. The van der Waals surface area contributed by atoms with Gasteiger partial charge in [0.2, 0.25) is 5.69 Å². The molecule has 0 saturated carbocycles. The second-order valence-corrected chi connectivity index (χ2v) is 22.1. The first kappa shape index (κ1) is 64.5. The van der Waals surface area contributed by atoms with Gasteiger partial charge in [0.15, 0.2) is 5.71 Å². The third-order valence-corrected chi connectivity index (χ3v) is 14.5. The van der Waals surface area contributed by atoms with Crippen molar-refractivity contribution in [1.29, 1.82) is 0 Å². The van der Waals surface area contributed by atoms with E-state index in [2.05, 4.69) is 10.6 Å². The Hall–Kier alpha value is -3.77. The Morgan fingerprint density at radius 1 is 0.635 bits per heavy atom. The Morgan fingerprint density at radius 2 is 1.09 bits per heavy atom. The quantitative estimate of drug-likeness (QED) is 0.0125. The van der Waals surface area contributed by atoms with Crippen LogP contribution in [-0.2, 0) is 31.1 Å². The first-order chi connectivity index (χ1) is 34.1. The standard InChI is InChI=1S/C49H70N4O18S2.Na/c1-48(2)32-24-30(46(64)50-26-36(56)42(60)44(62)38(58)28-54)16-18-34(32)52(20-10-12-22-72(66,67)68)40(48)14-8-6-5-7-9-15-41-49(3,4)33-25-31(17-19-35(33)53(41)21-11-13-23-73(69,70)71)47(65)51-27-37(57)43(61)45(63)39(59)29-55;/h5-9,14-19,24-25,36-39,42-45,54-63H,10-13,20-23,26-29H2,1-4H3,(H3-,50,51,64,65,66,67,68,69,70,71);/q;+1/p-1/t36-,37+,38-,39+,42+,43-,44+,45-;. The fraction of sp³-hybridized carbons (Fsp3) is 0.531. The molecule has 0 fully saturated rings. The van der Waals surface area contributed by atoms with Gasteiger partial charge in [-0.15, -0.1) is 0 Å². The van der Waals surface area contributed by atoms with E-state index in [9.17, 15) is 76.4 Å². The van der Waals surface area contributed by atoms with E-state index in [1.807, 2.05) is 49.3 Å². The fourth-order valence-corrected chi connectivity index (χ4v) is 9.78. The van der Waals surface area contributed by atoms with Gasteiger partial charge in [0.05, 0.1) is 51.1 Å². The van der Waals surface area contributed by atoms with Crippen molar-refractivity contribution in [2.45, 2.75) is 113 Å². The number of rotatable bonds is 28. The summed E-state index contributed by atoms with van der Waals surface area (Å²) in [5.74, 6) is -2.32. The molecule has 2 aliphatic heterocycles. The topological polar surface area (TPSA) is 381 Å². The zero-order valence-corrected chi connectivity index (χ0v) is 45.7. The number of hydrogen-bond acceptors (Lipinski definition) is 19. The summed E-state index contributed by atoms with van der Waals surface area (Å²) in [4.78, 5) is 28.5. The molecule has 74 heavy (non-hydrogen) atoms. The third kappa shape index (κ3) is 17.1. The second-order valence-electron chi connectivity index (χ2n) is 19.0. The number of carbonyl (C=O) groups excluding carboxylic acids is 2. The first-order valence-electron chi connectivity index (χ1n) is 23.6. The summed E-state index contributed by atoms with van der Waals surface area (Å²) < 4.78 is 70.1. The second kappa shape index (κ2) is 28.0. The van der Waals surface area contributed by atoms with Crippen molar-refractivity contribution in [3.8, 4) is 0 Å². The number of benzene rings is 2. The smallest absolute Gasteiger partial charge is 0.748 e. The zero-order chi connectivity index (χ0) is 54.6. The molecule has 0 spiro atoms. The number of hydrogen-bond donors (Lipinski definition) is 12. The minimum atomic E-state index is -4.44. The average molecular weight is 1090 g/mol. The predicted octanol–water partition coefficient (Wildman–Crippen LogP) is -4.60. The number of fused-ring (bicyclic) bond motifs is 2. The summed E-state index contributed by atoms with van der Waals surface area (Å²) >= 11 is 0. The van der Waals surface area contributed by atoms with E-state index in [4.69, 9.17) is 10.2 Å². The van der Waals surface area contributed by atoms with Crippen LogP contribution in [0.2, 0.25) is 0 Å². The summed E-state index contributed by atoms with van der Waals surface area (Å²) in [5, 5.41) is 103. The molecule has 406 valence electrons. The molecule has 12 N–H and O–H groups in total. The Labute approximate surface area is 453 Å². The van der Waals surface area contributed by atoms with Gasteiger partial charge in [0.1, 0.15) is 43.2 Å². The number of amides is 2. The molecule has 2 aromatic carbocycles. The molecule has 2 aliphatic rings. The summed E-state index contributed by atoms with van der Waals surface area (Å²) in [6.45, 7) is 5.64. The Bertz CT molecular complexity index is 2640. The van der Waals surface area contributed by atoms with E-state index in [0.717, 1.165) is 33.9 Å². The van der Waals surface area contributed by atoms with E-state index in [-0.39, 0.29) is 53.5 Å². The van der Waals surface area contributed by atoms with Crippen LogP contribution in [-0.4, -0.2) is 199 Å². The number of carbonyl (C=O) groups is 2. The van der Waals surface area contributed by atoms with Gasteiger partial charge in [-0.3, -0.25) is 9.59 Å². The van der Waals surface area contributed by atoms with Crippen LogP contribution in [0.15, 0.2) is 84.6 Å². The summed E-state index contributed by atoms with van der Waals surface area (Å²) in [7, 11) is -8.89. The van der Waals surface area contributed by atoms with Gasteiger partial charge in [-0.2, -0.15) is 4.58 Å². The van der Waals surface area contributed by atoms with Crippen LogP contribution in [0, 0.1) is 0 Å². The number of nitrogens with zero attached hydrogens (tertiary/aromatic N) is 2. The van der Waals surface area contributed by atoms with Crippen molar-refractivity contribution in [1.82, 2.24) is 10.6 Å². The van der Waals surface area contributed by atoms with Gasteiger partial charge in [-0.25, -0.2) is 16.8 Å². The third-order valence-electron chi connectivity index (χ3n) is 12.9. The molecule has 0 aliphatic carbocycles. The van der Waals surface area contributed by atoms with E-state index < -0.39 is 130 Å². The number of nitrogens with one attached hydrogen (secondary N) is 2. The number of aliphatic hydroxyl groups is 10. The van der Waals surface area contributed by atoms with Gasteiger partial charge < -0.3 is 75.7 Å². The van der Waals surface area contributed by atoms with Crippen LogP contribution in [0.3, 0.4) is 0 Å². The predicted molar refractivity (Wildman–Crippen MR) is 266 cm³/mol. The van der Waals surface area contributed by atoms with E-state index in [1.165, 1.54) is 0 Å². The van der Waals surface area contributed by atoms with Gasteiger partial charge in [-0.05, 0) is 75.1 Å². The van der Waals surface area contributed by atoms with Crippen LogP contribution < -0.4 is 45.1 Å². The molecule has 0 saturated heterocycles. The molecule has 0 aromatic heterocycles. The van der Waals surface area contributed by atoms with Crippen molar-refractivity contribution >= 4 is 49.1 Å². The number of allylic oxidation sites excluding steroid dienone is 8. The number of unbranched alkanes of at least 4 members (excludes halogenated alkanes) is 2. The van der Waals surface area contributed by atoms with Crippen LogP contribution in [0.25, 0.3) is 0 Å². The minimum Gasteiger partial charge on any atom is -0.748 e. The molecule has 8 atom stereocenters. The molecule has 0 unspecified atom stereocenters. The normalized spacial score (nSPS) is 19.2. The maximum atomic E-state index is 13.3. The molecule has 25 heteroatoms. The van der Waals surface area contributed by atoms with Gasteiger partial charge >= 0.3 is 29.6 Å². The molecule has 4 rings (SSSR count). The summed E-state index contributed by atoms with van der Waals surface area (Å²) in [6.07, 6.45) is -0.822. The van der Waals surface area contributed by atoms with Gasteiger partial charge in [-0.1, -0.05) is 44.2 Å². The Balaban J connectivity index is 0.0000144. The fourth-order valence-electron chi connectivity index (χ4n) is 8.67. The van der Waals surface area contributed by atoms with Gasteiger partial charge in [0, 0.05) is 83.2 Å². The van der Waals surface area contributed by atoms with Crippen molar-refractivity contribution in [2.24, 2.45) is 0 Å². The molecule has 0 bridgehead atoms. The number of anilines is 1. The summed E-state index contributed by atoms with van der Waals surface area (Å²) in [5.41, 5.74) is 3.38. The average Bonchev–Trinajstić information content (AvgIpc) is 3.68. The van der Waals surface area contributed by atoms with Crippen LogP contribution >= 0.6 is 0 Å². The van der Waals surface area contributed by atoms with Crippen molar-refractivity contribution in [3.63, 3.8) is 0 Å². The van der Waals surface area contributed by atoms with Gasteiger partial charge in [0.25, 0.3) is 11.8 Å². The van der Waals surface area contributed by atoms with Crippen LogP contribution in [0.1, 0.15) is 85.2 Å². The zero-order valence-electron chi connectivity index (χ0n) is 42.1. The Kier molecular flexibility index (Phi) is 24.4. The van der Waals surface area contributed by atoms with Crippen molar-refractivity contribution < 1.29 is 121 Å². The largest absolute Gasteiger partial charge is 1.00 e. The monoisotopic (exact) mass is 1090 g/mol. The van der Waals surface area contributed by atoms with Crippen LogP contribution in [0.4, 0.5) is 11.4 Å². The van der Waals surface area contributed by atoms with Crippen molar-refractivity contribution in [2.75, 3.05) is 55.8 Å². The molecule has 0 radical (unpaired) electrons. The van der Waals surface area contributed by atoms with Crippen molar-refractivity contribution in [3.05, 3.63) is 107 Å². The van der Waals surface area contributed by atoms with E-state index in [1.54, 1.807) is 66.8 Å². The molecule has 22 nitrogen and oxygen atoms in total. The molecular weight excluding hydrogens is 1020 g/mol. The Morgan fingerprint density at radius 3 is 1.61 bits per heavy atom. The van der Waals surface area contributed by atoms with E-state index >= 15 is 0 Å². The van der Waals surface area contributed by atoms with E-state index in [0.29, 0.717) is 25.9 Å². The number of aliphatic hydroxyl groups excluding tert-OH is 10. The first-order valence-corrected chi connectivity index (χ1v) is 26.8. The SMILES string of the molecule is CC1(C)C(/C=C/C=C/C=C/C=C2/N(CCCCS(=O)(=O)[O-])c3ccc(C(=O)NC[C@@H](O)[C@H](O)[C@@H](O)[C@H](O)CO)cc3C2(C)C)=[N+](CCCCS(=O)(=O)[O-])c2ccc(C(=O)NC[C@H](O)[C@@H](O)[C@H](O)[C@@H](O)CO)cc21.[Na+]. The summed E-state index contributed by atoms with van der Waals surface area (Å²) in [6, 6.07) is 9.84.